The maximum absolute atomic E-state index is 12.6. The number of fused-ring (bicyclic) bond motifs is 3. The number of hydrogen-bond donors (Lipinski definition) is 0. The Balaban J connectivity index is 0.000000214. The van der Waals surface area contributed by atoms with Crippen LogP contribution in [0.4, 0.5) is 17.5 Å². The van der Waals surface area contributed by atoms with E-state index < -0.39 is 0 Å². The molecular weight excluding hydrogens is 1190 g/mol. The summed E-state index contributed by atoms with van der Waals surface area (Å²) in [5.74, 6) is 13.9. The molecule has 18 nitrogen and oxygen atoms in total. The number of likely N-dealkylation sites (N-methyl/N-ethyl adjacent to an activating group) is 3. The summed E-state index contributed by atoms with van der Waals surface area (Å²) in [6, 6.07) is 11.5. The number of halogens is 1. The summed E-state index contributed by atoms with van der Waals surface area (Å²) < 4.78 is 0. The number of pyridine rings is 3. The largest absolute Gasteiger partial charge is 0.352 e. The molecule has 0 saturated heterocycles. The Morgan fingerprint density at radius 3 is 1.23 bits per heavy atom. The standard InChI is InChI=1S/C25H37N5O.C25H33N5O.C20H25ClN4O.C5H9N/c2*1-25(2,3)16-19(31)17-30(6)24-20-10-7-11-21(20)27-23(28-24)22-15-18(12-13-26-22)9-8-14-29(4)5;1-20(2,3)11-14(26)12-25(4)19-15-6-5-7-16(15)23-18(24-19)17-10-13(21)8-9-22-17;1-4-5-6(2)3/h12-13,15H,7-11,14,16-17H2,1-6H3;12-13,15H,7,10-11,14,16-17H2,1-6H3;8-10H,5-7,11-12H2,1-4H3;1H,5H2,2-3H3. The minimum atomic E-state index is -0.0192. The first-order chi connectivity index (χ1) is 44.2. The van der Waals surface area contributed by atoms with Crippen LogP contribution in [0.5, 0.6) is 0 Å². The zero-order valence-electron chi connectivity index (χ0n) is 59.7. The average molecular weight is 1300 g/mol. The van der Waals surface area contributed by atoms with Crippen molar-refractivity contribution in [3.8, 4) is 58.7 Å². The highest BCUT2D eigenvalue weighted by Crippen LogP contribution is 2.35. The predicted octanol–water partition coefficient (Wildman–Crippen LogP) is 11.6. The smallest absolute Gasteiger partial charge is 0.180 e. The van der Waals surface area contributed by atoms with Gasteiger partial charge in [-0.05, 0) is 178 Å². The number of nitrogens with zero attached hydrogens (tertiary/aromatic N) is 15. The van der Waals surface area contributed by atoms with Gasteiger partial charge in [0.15, 0.2) is 34.8 Å². The van der Waals surface area contributed by atoms with Crippen LogP contribution in [0, 0.1) is 40.4 Å². The highest BCUT2D eigenvalue weighted by atomic mass is 35.5. The van der Waals surface area contributed by atoms with Crippen molar-refractivity contribution in [1.29, 1.82) is 0 Å². The van der Waals surface area contributed by atoms with Crippen molar-refractivity contribution in [2.24, 2.45) is 16.2 Å². The van der Waals surface area contributed by atoms with E-state index in [2.05, 4.69) is 126 Å². The molecule has 0 unspecified atom stereocenters. The Bertz CT molecular complexity index is 3660. The quantitative estimate of drug-likeness (QED) is 0.0619. The number of carbonyl (C=O) groups is 3. The third kappa shape index (κ3) is 24.6. The third-order valence-corrected chi connectivity index (χ3v) is 15.6. The number of anilines is 3. The second kappa shape index (κ2) is 34.7. The fraction of sp³-hybridized carbons (Fsp3) is 0.547. The molecule has 0 radical (unpaired) electrons. The molecule has 0 amide bonds. The number of rotatable bonds is 21. The Hall–Kier alpha value is -7.61. The molecule has 0 saturated carbocycles. The van der Waals surface area contributed by atoms with Gasteiger partial charge < -0.3 is 19.6 Å². The zero-order valence-corrected chi connectivity index (χ0v) is 60.5. The lowest BCUT2D eigenvalue weighted by Crippen LogP contribution is -2.30. The van der Waals surface area contributed by atoms with Crippen LogP contribution in [0.3, 0.4) is 0 Å². The molecule has 0 bridgehead atoms. The summed E-state index contributed by atoms with van der Waals surface area (Å²) in [6.45, 7) is 22.4. The molecule has 0 fully saturated rings. The van der Waals surface area contributed by atoms with Crippen LogP contribution >= 0.6 is 11.6 Å². The lowest BCUT2D eigenvalue weighted by Gasteiger charge is -2.23. The summed E-state index contributed by atoms with van der Waals surface area (Å²) in [4.78, 5) is 92.0. The van der Waals surface area contributed by atoms with Crippen molar-refractivity contribution < 1.29 is 14.4 Å². The summed E-state index contributed by atoms with van der Waals surface area (Å²) in [7, 11) is 17.9. The molecule has 0 N–H and O–H groups in total. The molecule has 504 valence electrons. The van der Waals surface area contributed by atoms with Crippen LogP contribution in [0.25, 0.3) is 34.6 Å². The van der Waals surface area contributed by atoms with Gasteiger partial charge in [-0.1, -0.05) is 91.7 Å². The minimum absolute atomic E-state index is 0.00630. The first-order valence-electron chi connectivity index (χ1n) is 33.0. The number of ketones is 3. The molecule has 3 aliphatic rings. The van der Waals surface area contributed by atoms with E-state index in [1.165, 1.54) is 11.1 Å². The molecule has 0 aliphatic heterocycles. The average Bonchev–Trinajstić information content (AvgIpc) is 1.52. The van der Waals surface area contributed by atoms with Crippen LogP contribution in [0.1, 0.15) is 152 Å². The Morgan fingerprint density at radius 1 is 0.489 bits per heavy atom. The molecule has 0 aromatic carbocycles. The first-order valence-corrected chi connectivity index (χ1v) is 33.4. The van der Waals surface area contributed by atoms with Crippen LogP contribution in [0.15, 0.2) is 55.0 Å². The van der Waals surface area contributed by atoms with E-state index in [1.54, 1.807) is 24.5 Å². The lowest BCUT2D eigenvalue weighted by molar-refractivity contribution is -0.120. The van der Waals surface area contributed by atoms with E-state index in [0.717, 1.165) is 141 Å². The van der Waals surface area contributed by atoms with E-state index >= 15 is 0 Å². The number of hydrogen-bond acceptors (Lipinski definition) is 18. The molecule has 94 heavy (non-hydrogen) atoms. The molecule has 6 aromatic rings. The summed E-state index contributed by atoms with van der Waals surface area (Å²) in [5, 5.41) is 0.606. The fourth-order valence-electron chi connectivity index (χ4n) is 11.5. The number of Topliss-reactive ketones (excluding diaryl/α,β-unsaturated/α-hetero) is 3. The third-order valence-electron chi connectivity index (χ3n) is 15.3. The van der Waals surface area contributed by atoms with E-state index in [9.17, 15) is 14.4 Å². The van der Waals surface area contributed by atoms with Crippen molar-refractivity contribution in [3.63, 3.8) is 0 Å². The zero-order chi connectivity index (χ0) is 69.1. The predicted molar refractivity (Wildman–Crippen MR) is 384 cm³/mol. The van der Waals surface area contributed by atoms with Gasteiger partial charge in [0.25, 0.3) is 0 Å². The van der Waals surface area contributed by atoms with Crippen LogP contribution in [-0.2, 0) is 59.3 Å². The molecule has 6 heterocycles. The van der Waals surface area contributed by atoms with Gasteiger partial charge >= 0.3 is 0 Å². The molecule has 0 atom stereocenters. The van der Waals surface area contributed by atoms with Gasteiger partial charge in [0.1, 0.15) is 34.5 Å². The van der Waals surface area contributed by atoms with Crippen molar-refractivity contribution in [2.45, 2.75) is 152 Å². The monoisotopic (exact) mass is 1300 g/mol. The van der Waals surface area contributed by atoms with Crippen molar-refractivity contribution in [1.82, 2.24) is 59.6 Å². The fourth-order valence-corrected chi connectivity index (χ4v) is 11.6. The second-order valence-corrected chi connectivity index (χ2v) is 30.0. The lowest BCUT2D eigenvalue weighted by atomic mass is 9.90. The Morgan fingerprint density at radius 2 is 0.872 bits per heavy atom. The summed E-state index contributed by atoms with van der Waals surface area (Å²) in [5.41, 5.74) is 11.0. The van der Waals surface area contributed by atoms with Gasteiger partial charge in [0.05, 0.1) is 32.7 Å². The molecule has 9 rings (SSSR count). The molecule has 19 heteroatoms. The topological polar surface area (TPSA) is 187 Å². The van der Waals surface area contributed by atoms with Crippen molar-refractivity contribution >= 4 is 46.4 Å². The van der Waals surface area contributed by atoms with Crippen LogP contribution < -0.4 is 14.7 Å². The molecule has 0 spiro atoms. The Labute approximate surface area is 567 Å². The minimum Gasteiger partial charge on any atom is -0.352 e. The van der Waals surface area contributed by atoms with Crippen LogP contribution in [0.2, 0.25) is 5.02 Å². The van der Waals surface area contributed by atoms with Gasteiger partial charge in [-0.2, -0.15) is 0 Å². The second-order valence-electron chi connectivity index (χ2n) is 29.6. The van der Waals surface area contributed by atoms with Crippen molar-refractivity contribution in [2.75, 3.05) is 117 Å². The van der Waals surface area contributed by atoms with E-state index in [1.807, 2.05) is 92.2 Å². The van der Waals surface area contributed by atoms with Gasteiger partial charge in [0.2, 0.25) is 0 Å². The van der Waals surface area contributed by atoms with E-state index in [4.69, 9.17) is 47.9 Å². The number of aromatic nitrogens is 9. The number of aryl methyl sites for hydroxylation is 4. The highest BCUT2D eigenvalue weighted by Gasteiger charge is 2.29. The maximum Gasteiger partial charge on any atom is 0.180 e. The van der Waals surface area contributed by atoms with Gasteiger partial charge in [-0.25, -0.2) is 29.9 Å². The van der Waals surface area contributed by atoms with Gasteiger partial charge in [-0.15, -0.1) is 6.42 Å². The van der Waals surface area contributed by atoms with Gasteiger partial charge in [-0.3, -0.25) is 39.1 Å². The van der Waals surface area contributed by atoms with E-state index in [0.29, 0.717) is 79.3 Å². The van der Waals surface area contributed by atoms with Crippen molar-refractivity contribution in [3.05, 3.63) is 105 Å². The maximum atomic E-state index is 12.6. The summed E-state index contributed by atoms with van der Waals surface area (Å²) in [6.07, 6.45) is 22.9. The number of carbonyl (C=O) groups excluding carboxylic acids is 3. The summed E-state index contributed by atoms with van der Waals surface area (Å²) >= 11 is 6.09. The number of terminal acetylenes is 1. The first kappa shape index (κ1) is 75.4. The Kier molecular flexibility index (Phi) is 27.8. The van der Waals surface area contributed by atoms with Crippen LogP contribution in [-0.4, -0.2) is 180 Å². The molecule has 6 aromatic heterocycles. The SMILES string of the molecule is C#CCN(C)C.CN(C)CC#Cc1ccnc(-c2nc3c(c(N(C)CC(=O)CC(C)(C)C)n2)CCC3)c1.CN(C)CCCc1ccnc(-c2nc3c(c(N(C)CC(=O)CC(C)(C)C)n2)CCC3)c1.CN(CC(=O)CC(C)(C)C)c1nc(-c2cc(Cl)ccn2)nc2c1CCC2. The highest BCUT2D eigenvalue weighted by molar-refractivity contribution is 6.30. The normalized spacial score (nSPS) is 13.0. The van der Waals surface area contributed by atoms with Gasteiger partial charge in [0, 0.05) is 103 Å². The molecular formula is C75H104ClN15O3. The molecule has 3 aliphatic carbocycles. The van der Waals surface area contributed by atoms with E-state index in [-0.39, 0.29) is 33.6 Å².